The minimum atomic E-state index is -0.472. The quantitative estimate of drug-likeness (QED) is 0.721. The van der Waals surface area contributed by atoms with Gasteiger partial charge in [0.25, 0.3) is 5.91 Å². The zero-order chi connectivity index (χ0) is 17.1. The fourth-order valence-corrected chi connectivity index (χ4v) is 2.72. The molecule has 7 nitrogen and oxygen atoms in total. The number of carbonyl (C=O) groups is 1. The third kappa shape index (κ3) is 4.15. The third-order valence-electron chi connectivity index (χ3n) is 4.10. The number of benzene rings is 1. The van der Waals surface area contributed by atoms with Gasteiger partial charge in [-0.1, -0.05) is 19.1 Å². The number of β-amino-alcohol motifs (C(OH)–C–C–N with tert-alkyl or cyclic N) is 1. The second-order valence-corrected chi connectivity index (χ2v) is 5.76. The van der Waals surface area contributed by atoms with Crippen LogP contribution in [-0.2, 0) is 6.42 Å². The van der Waals surface area contributed by atoms with E-state index >= 15 is 0 Å². The van der Waals surface area contributed by atoms with Gasteiger partial charge in [-0.3, -0.25) is 4.79 Å². The largest absolute Gasteiger partial charge is 0.391 e. The van der Waals surface area contributed by atoms with Crippen LogP contribution in [-0.4, -0.2) is 51.5 Å². The molecular weight excluding hydrogens is 349 g/mol. The number of rotatable bonds is 5. The molecule has 0 bridgehead atoms. The lowest BCUT2D eigenvalue weighted by Gasteiger charge is -2.12. The van der Waals surface area contributed by atoms with Crippen molar-refractivity contribution in [2.45, 2.75) is 19.4 Å². The lowest BCUT2D eigenvalue weighted by molar-refractivity contribution is 0.0917. The van der Waals surface area contributed by atoms with Gasteiger partial charge in [0, 0.05) is 32.0 Å². The summed E-state index contributed by atoms with van der Waals surface area (Å²) in [6, 6.07) is 6.22. The molecule has 2 heterocycles. The van der Waals surface area contributed by atoms with Crippen LogP contribution >= 0.6 is 12.4 Å². The smallest absolute Gasteiger partial charge is 0.290 e. The maximum atomic E-state index is 14.0. The van der Waals surface area contributed by atoms with Crippen molar-refractivity contribution >= 4 is 18.3 Å². The number of nitrogens with one attached hydrogen (secondary N) is 2. The summed E-state index contributed by atoms with van der Waals surface area (Å²) in [6.45, 7) is 3.38. The lowest BCUT2D eigenvalue weighted by atomic mass is 10.1. The van der Waals surface area contributed by atoms with Crippen molar-refractivity contribution in [1.82, 2.24) is 25.4 Å². The standard InChI is InChI=1S/C16H20FN5O2.ClH/c1-2-14-20-15(16(24)19-8-10-7-18-9-13(10)23)21-22(14)12-6-4-3-5-11(12)17;/h3-6,10,13,18,23H,2,7-9H2,1H3,(H,19,24);1H. The molecule has 3 N–H and O–H groups in total. The van der Waals surface area contributed by atoms with Crippen LogP contribution in [0.4, 0.5) is 4.39 Å². The van der Waals surface area contributed by atoms with Crippen molar-refractivity contribution in [2.24, 2.45) is 5.92 Å². The van der Waals surface area contributed by atoms with E-state index in [0.717, 1.165) is 0 Å². The van der Waals surface area contributed by atoms with Gasteiger partial charge in [-0.05, 0) is 12.1 Å². The number of aliphatic hydroxyl groups excluding tert-OH is 1. The zero-order valence-corrected chi connectivity index (χ0v) is 14.6. The van der Waals surface area contributed by atoms with E-state index in [-0.39, 0.29) is 29.8 Å². The predicted octanol–water partition coefficient (Wildman–Crippen LogP) is 0.701. The molecule has 1 aromatic heterocycles. The van der Waals surface area contributed by atoms with Crippen molar-refractivity contribution in [3.05, 3.63) is 41.7 Å². The van der Waals surface area contributed by atoms with Crippen LogP contribution in [0.15, 0.2) is 24.3 Å². The summed E-state index contributed by atoms with van der Waals surface area (Å²) >= 11 is 0. The highest BCUT2D eigenvalue weighted by Gasteiger charge is 2.26. The van der Waals surface area contributed by atoms with E-state index in [0.29, 0.717) is 31.9 Å². The highest BCUT2D eigenvalue weighted by atomic mass is 35.5. The average molecular weight is 370 g/mol. The predicted molar refractivity (Wildman–Crippen MR) is 92.6 cm³/mol. The first kappa shape index (κ1) is 19.3. The Morgan fingerprint density at radius 2 is 2.20 bits per heavy atom. The molecule has 0 saturated carbocycles. The fraction of sp³-hybridized carbons (Fsp3) is 0.438. The molecule has 2 unspecified atom stereocenters. The number of hydrogen-bond acceptors (Lipinski definition) is 5. The van der Waals surface area contributed by atoms with Crippen LogP contribution in [0.3, 0.4) is 0 Å². The summed E-state index contributed by atoms with van der Waals surface area (Å²) in [5.41, 5.74) is 0.260. The maximum absolute atomic E-state index is 14.0. The Morgan fingerprint density at radius 1 is 1.44 bits per heavy atom. The van der Waals surface area contributed by atoms with E-state index in [1.54, 1.807) is 18.2 Å². The topological polar surface area (TPSA) is 92.1 Å². The third-order valence-corrected chi connectivity index (χ3v) is 4.10. The molecule has 2 aromatic rings. The Kier molecular flexibility index (Phi) is 6.46. The number of halogens is 2. The van der Waals surface area contributed by atoms with Gasteiger partial charge in [-0.25, -0.2) is 14.1 Å². The normalized spacial score (nSPS) is 19.5. The number of para-hydroxylation sites is 1. The Hall–Kier alpha value is -2.03. The van der Waals surface area contributed by atoms with Crippen molar-refractivity contribution in [2.75, 3.05) is 19.6 Å². The number of aromatic nitrogens is 3. The van der Waals surface area contributed by atoms with Gasteiger partial charge in [0.15, 0.2) is 0 Å². The first-order valence-electron chi connectivity index (χ1n) is 7.98. The summed E-state index contributed by atoms with van der Waals surface area (Å²) in [4.78, 5) is 16.5. The molecule has 1 aliphatic heterocycles. The molecule has 0 spiro atoms. The summed E-state index contributed by atoms with van der Waals surface area (Å²) in [6.07, 6.45) is 0.0419. The number of carbonyl (C=O) groups excluding carboxylic acids is 1. The van der Waals surface area contributed by atoms with E-state index < -0.39 is 17.8 Å². The number of aryl methyl sites for hydroxylation is 1. The molecule has 0 radical (unpaired) electrons. The summed E-state index contributed by atoms with van der Waals surface area (Å²) in [5.74, 6) is -0.389. The Morgan fingerprint density at radius 3 is 2.84 bits per heavy atom. The van der Waals surface area contributed by atoms with Crippen molar-refractivity contribution in [1.29, 1.82) is 0 Å². The van der Waals surface area contributed by atoms with E-state index in [2.05, 4.69) is 20.7 Å². The van der Waals surface area contributed by atoms with Crippen molar-refractivity contribution < 1.29 is 14.3 Å². The van der Waals surface area contributed by atoms with Crippen LogP contribution in [0, 0.1) is 11.7 Å². The number of amides is 1. The first-order valence-corrected chi connectivity index (χ1v) is 7.98. The van der Waals surface area contributed by atoms with Gasteiger partial charge < -0.3 is 15.7 Å². The van der Waals surface area contributed by atoms with Gasteiger partial charge in [0.1, 0.15) is 17.3 Å². The summed E-state index contributed by atoms with van der Waals surface area (Å²) in [5, 5.41) is 19.7. The molecule has 1 fully saturated rings. The van der Waals surface area contributed by atoms with Crippen molar-refractivity contribution in [3.8, 4) is 5.69 Å². The van der Waals surface area contributed by atoms with Crippen LogP contribution in [0.5, 0.6) is 0 Å². The van der Waals surface area contributed by atoms with Gasteiger partial charge in [0.05, 0.1) is 6.10 Å². The molecule has 25 heavy (non-hydrogen) atoms. The average Bonchev–Trinajstić information content (AvgIpc) is 3.19. The second kappa shape index (κ2) is 8.37. The molecule has 1 aromatic carbocycles. The molecular formula is C16H21ClFN5O2. The Balaban J connectivity index is 0.00000225. The van der Waals surface area contributed by atoms with Gasteiger partial charge in [-0.15, -0.1) is 17.5 Å². The molecule has 3 rings (SSSR count). The Labute approximate surface area is 151 Å². The Bertz CT molecular complexity index is 739. The number of nitrogens with zero attached hydrogens (tertiary/aromatic N) is 3. The maximum Gasteiger partial charge on any atom is 0.290 e. The van der Waals surface area contributed by atoms with Gasteiger partial charge >= 0.3 is 0 Å². The first-order chi connectivity index (χ1) is 11.6. The van der Waals surface area contributed by atoms with E-state index in [9.17, 15) is 14.3 Å². The monoisotopic (exact) mass is 369 g/mol. The van der Waals surface area contributed by atoms with Crippen LogP contribution < -0.4 is 10.6 Å². The zero-order valence-electron chi connectivity index (χ0n) is 13.8. The number of hydrogen-bond donors (Lipinski definition) is 3. The highest BCUT2D eigenvalue weighted by molar-refractivity contribution is 5.90. The number of aliphatic hydroxyl groups is 1. The lowest BCUT2D eigenvalue weighted by Crippen LogP contribution is -2.34. The van der Waals surface area contributed by atoms with Crippen molar-refractivity contribution in [3.63, 3.8) is 0 Å². The van der Waals surface area contributed by atoms with Gasteiger partial charge in [-0.2, -0.15) is 0 Å². The molecule has 1 amide bonds. The van der Waals surface area contributed by atoms with E-state index in [1.165, 1.54) is 10.7 Å². The molecule has 1 aliphatic rings. The molecule has 1 saturated heterocycles. The fourth-order valence-electron chi connectivity index (χ4n) is 2.72. The molecule has 2 atom stereocenters. The van der Waals surface area contributed by atoms with E-state index in [4.69, 9.17) is 0 Å². The highest BCUT2D eigenvalue weighted by Crippen LogP contribution is 2.15. The van der Waals surface area contributed by atoms with Crippen LogP contribution in [0.25, 0.3) is 5.69 Å². The van der Waals surface area contributed by atoms with Crippen LogP contribution in [0.1, 0.15) is 23.4 Å². The molecule has 136 valence electrons. The molecule has 9 heteroatoms. The van der Waals surface area contributed by atoms with Gasteiger partial charge in [0.2, 0.25) is 5.82 Å². The minimum Gasteiger partial charge on any atom is -0.391 e. The molecule has 0 aliphatic carbocycles. The summed E-state index contributed by atoms with van der Waals surface area (Å²) in [7, 11) is 0. The van der Waals surface area contributed by atoms with E-state index in [1.807, 2.05) is 6.92 Å². The minimum absolute atomic E-state index is 0. The second-order valence-electron chi connectivity index (χ2n) is 5.76. The van der Waals surface area contributed by atoms with Crippen LogP contribution in [0.2, 0.25) is 0 Å². The SMILES string of the molecule is CCc1nc(C(=O)NCC2CNCC2O)nn1-c1ccccc1F.Cl. The summed E-state index contributed by atoms with van der Waals surface area (Å²) < 4.78 is 15.3.